The molecule has 0 unspecified atom stereocenters. The van der Waals surface area contributed by atoms with Crippen LogP contribution in [0, 0.1) is 0 Å². The molecule has 0 saturated heterocycles. The molecule has 0 radical (unpaired) electrons. The number of ether oxygens (including phenoxy) is 2. The molecule has 0 aromatic carbocycles. The fraction of sp³-hybridized carbons (Fsp3) is 0.889. The molecular formula is C18H20F13IO4. The molecule has 0 heterocycles. The Morgan fingerprint density at radius 3 is 1.25 bits per heavy atom. The fourth-order valence-corrected chi connectivity index (χ4v) is 3.75. The summed E-state index contributed by atoms with van der Waals surface area (Å²) in [5, 5.41) is 0. The molecule has 0 spiro atoms. The molecule has 0 aliphatic rings. The molecule has 0 fully saturated rings. The van der Waals surface area contributed by atoms with Gasteiger partial charge in [0.05, 0.1) is 13.2 Å². The van der Waals surface area contributed by atoms with Gasteiger partial charge in [0.15, 0.2) is 0 Å². The lowest BCUT2D eigenvalue weighted by molar-refractivity contribution is -0.440. The van der Waals surface area contributed by atoms with Crippen molar-refractivity contribution >= 4 is 34.5 Å². The topological polar surface area (TPSA) is 52.6 Å². The first-order chi connectivity index (χ1) is 15.9. The summed E-state index contributed by atoms with van der Waals surface area (Å²) < 4.78 is 181. The van der Waals surface area contributed by atoms with Gasteiger partial charge < -0.3 is 9.47 Å². The Labute approximate surface area is 209 Å². The summed E-state index contributed by atoms with van der Waals surface area (Å²) in [5.41, 5.74) is 0. The number of alkyl halides is 14. The predicted octanol–water partition coefficient (Wildman–Crippen LogP) is 6.98. The zero-order valence-electron chi connectivity index (χ0n) is 18.4. The van der Waals surface area contributed by atoms with E-state index in [4.69, 9.17) is 0 Å². The average molecular weight is 674 g/mol. The summed E-state index contributed by atoms with van der Waals surface area (Å²) in [6.45, 7) is 2.20. The van der Waals surface area contributed by atoms with Crippen LogP contribution in [0.5, 0.6) is 0 Å². The van der Waals surface area contributed by atoms with Gasteiger partial charge in [-0.15, -0.1) is 0 Å². The third kappa shape index (κ3) is 7.20. The van der Waals surface area contributed by atoms with Crippen LogP contribution >= 0.6 is 22.6 Å². The average Bonchev–Trinajstić information content (AvgIpc) is 2.69. The normalized spacial score (nSPS) is 14.6. The molecule has 0 rings (SSSR count). The number of carbonyl (C=O) groups is 2. The van der Waals surface area contributed by atoms with Crippen LogP contribution in [-0.4, -0.2) is 64.4 Å². The lowest BCUT2D eigenvalue weighted by atomic mass is 9.85. The lowest BCUT2D eigenvalue weighted by Crippen LogP contribution is -2.70. The smallest absolute Gasteiger partial charge is 0.460 e. The van der Waals surface area contributed by atoms with Crippen LogP contribution in [-0.2, 0) is 19.1 Å². The first-order valence-corrected chi connectivity index (χ1v) is 10.9. The Balaban J connectivity index is 6.30. The van der Waals surface area contributed by atoms with Crippen molar-refractivity contribution in [1.29, 1.82) is 0 Å². The Hall–Kier alpha value is -1.24. The van der Waals surface area contributed by atoms with Gasteiger partial charge in [-0.1, -0.05) is 22.6 Å². The molecule has 0 N–H and O–H groups in total. The maximum Gasteiger partial charge on any atom is 0.460 e. The molecule has 0 aliphatic heterocycles. The molecule has 0 aromatic rings. The van der Waals surface area contributed by atoms with Crippen LogP contribution in [0.15, 0.2) is 0 Å². The standard InChI is InChI=1S/C18H20F13IO4/c1-3-35-10(33)5-7-12(32,8-6-11(34)36-4-2)9-13(19,20)14(21,22)15(23,24)16(25,26)17(27,28)18(29,30)31/h3-9H2,1-2H3. The van der Waals surface area contributed by atoms with Crippen LogP contribution in [0.25, 0.3) is 0 Å². The monoisotopic (exact) mass is 674 g/mol. The predicted molar refractivity (Wildman–Crippen MR) is 104 cm³/mol. The molecule has 0 bridgehead atoms. The van der Waals surface area contributed by atoms with Crippen molar-refractivity contribution in [3.8, 4) is 0 Å². The minimum absolute atomic E-state index is 0.223. The van der Waals surface area contributed by atoms with Gasteiger partial charge in [0.2, 0.25) is 0 Å². The summed E-state index contributed by atoms with van der Waals surface area (Å²) in [7, 11) is 0. The molecule has 0 aliphatic carbocycles. The van der Waals surface area contributed by atoms with E-state index in [9.17, 15) is 66.7 Å². The van der Waals surface area contributed by atoms with E-state index < -0.39 is 83.3 Å². The van der Waals surface area contributed by atoms with Crippen molar-refractivity contribution in [3.63, 3.8) is 0 Å². The maximum atomic E-state index is 14.4. The highest BCUT2D eigenvalue weighted by atomic mass is 127. The van der Waals surface area contributed by atoms with E-state index in [1.54, 1.807) is 0 Å². The second kappa shape index (κ2) is 11.7. The van der Waals surface area contributed by atoms with Gasteiger partial charge in [-0.3, -0.25) is 9.59 Å². The van der Waals surface area contributed by atoms with Crippen LogP contribution in [0.2, 0.25) is 0 Å². The first-order valence-electron chi connectivity index (χ1n) is 9.83. The zero-order chi connectivity index (χ0) is 29.0. The molecule has 0 aromatic heterocycles. The molecule has 18 heteroatoms. The van der Waals surface area contributed by atoms with E-state index in [-0.39, 0.29) is 13.2 Å². The summed E-state index contributed by atoms with van der Waals surface area (Å²) in [4.78, 5) is 23.1. The van der Waals surface area contributed by atoms with E-state index in [1.165, 1.54) is 13.8 Å². The Morgan fingerprint density at radius 2 is 0.944 bits per heavy atom. The van der Waals surface area contributed by atoms with Crippen LogP contribution in [0.3, 0.4) is 0 Å². The van der Waals surface area contributed by atoms with E-state index in [2.05, 4.69) is 9.47 Å². The Morgan fingerprint density at radius 1 is 0.611 bits per heavy atom. The van der Waals surface area contributed by atoms with E-state index in [0.717, 1.165) is 22.6 Å². The number of hydrogen-bond acceptors (Lipinski definition) is 4. The highest BCUT2D eigenvalue weighted by molar-refractivity contribution is 14.1. The maximum absolute atomic E-state index is 14.4. The zero-order valence-corrected chi connectivity index (χ0v) is 20.5. The third-order valence-corrected chi connectivity index (χ3v) is 6.16. The van der Waals surface area contributed by atoms with Crippen LogP contribution in [0.1, 0.15) is 46.0 Å². The van der Waals surface area contributed by atoms with Gasteiger partial charge in [-0.2, -0.15) is 57.1 Å². The minimum atomic E-state index is -8.00. The molecule has 0 saturated carbocycles. The molecule has 0 atom stereocenters. The van der Waals surface area contributed by atoms with Gasteiger partial charge in [-0.05, 0) is 26.7 Å². The SMILES string of the molecule is CCOC(=O)CCC(I)(CCC(=O)OCC)CC(F)(F)C(F)(F)C(F)(F)C(F)(F)C(F)(F)C(F)(F)F. The van der Waals surface area contributed by atoms with Crippen LogP contribution < -0.4 is 0 Å². The van der Waals surface area contributed by atoms with Crippen molar-refractivity contribution in [2.24, 2.45) is 0 Å². The number of halogens is 14. The summed E-state index contributed by atoms with van der Waals surface area (Å²) in [6.07, 6.45) is -13.5. The Bertz CT molecular complexity index is 747. The summed E-state index contributed by atoms with van der Waals surface area (Å²) in [6, 6.07) is 0. The first kappa shape index (κ1) is 34.8. The van der Waals surface area contributed by atoms with Gasteiger partial charge in [0, 0.05) is 22.7 Å². The second-order valence-corrected chi connectivity index (χ2v) is 9.73. The quantitative estimate of drug-likeness (QED) is 0.0865. The number of hydrogen-bond donors (Lipinski definition) is 0. The van der Waals surface area contributed by atoms with E-state index in [1.807, 2.05) is 0 Å². The van der Waals surface area contributed by atoms with Gasteiger partial charge in [0.1, 0.15) is 0 Å². The second-order valence-electron chi connectivity index (χ2n) is 7.44. The number of esters is 2. The van der Waals surface area contributed by atoms with E-state index in [0.29, 0.717) is 0 Å². The van der Waals surface area contributed by atoms with Crippen molar-refractivity contribution in [2.75, 3.05) is 13.2 Å². The molecule has 4 nitrogen and oxygen atoms in total. The number of carbonyl (C=O) groups excluding carboxylic acids is 2. The van der Waals surface area contributed by atoms with Crippen molar-refractivity contribution in [2.45, 2.75) is 85.2 Å². The third-order valence-electron chi connectivity index (χ3n) is 4.70. The Kier molecular flexibility index (Phi) is 11.3. The lowest BCUT2D eigenvalue weighted by Gasteiger charge is -2.41. The molecular weight excluding hydrogens is 654 g/mol. The summed E-state index contributed by atoms with van der Waals surface area (Å²) in [5.74, 6) is -39.7. The highest BCUT2D eigenvalue weighted by Crippen LogP contribution is 2.61. The number of rotatable bonds is 14. The fourth-order valence-electron chi connectivity index (χ4n) is 2.73. The summed E-state index contributed by atoms with van der Waals surface area (Å²) >= 11 is 0.952. The van der Waals surface area contributed by atoms with Gasteiger partial charge in [-0.25, -0.2) is 0 Å². The van der Waals surface area contributed by atoms with Gasteiger partial charge in [0.25, 0.3) is 0 Å². The molecule has 214 valence electrons. The largest absolute Gasteiger partial charge is 0.466 e. The minimum Gasteiger partial charge on any atom is -0.466 e. The van der Waals surface area contributed by atoms with Crippen molar-refractivity contribution in [3.05, 3.63) is 0 Å². The molecule has 36 heavy (non-hydrogen) atoms. The van der Waals surface area contributed by atoms with Crippen molar-refractivity contribution < 1.29 is 76.1 Å². The van der Waals surface area contributed by atoms with Crippen LogP contribution in [0.4, 0.5) is 57.1 Å². The highest BCUT2D eigenvalue weighted by Gasteiger charge is 2.90. The van der Waals surface area contributed by atoms with Crippen molar-refractivity contribution in [1.82, 2.24) is 0 Å². The van der Waals surface area contributed by atoms with E-state index >= 15 is 0 Å². The molecule has 0 amide bonds. The van der Waals surface area contributed by atoms with Gasteiger partial charge >= 0.3 is 47.7 Å².